The second kappa shape index (κ2) is 6.98. The fraction of sp³-hybridized carbons (Fsp3) is 0.364. The van der Waals surface area contributed by atoms with Crippen molar-refractivity contribution in [1.29, 1.82) is 0 Å². The monoisotopic (exact) mass is 208 g/mol. The van der Waals surface area contributed by atoms with Gasteiger partial charge in [0.1, 0.15) is 0 Å². The molecule has 1 amide bonds. The van der Waals surface area contributed by atoms with E-state index in [1.54, 1.807) is 0 Å². The molecule has 0 saturated heterocycles. The second-order valence-electron chi connectivity index (χ2n) is 3.05. The Hall–Kier alpha value is -1.39. The lowest BCUT2D eigenvalue weighted by molar-refractivity contribution is -0.123. The van der Waals surface area contributed by atoms with Crippen LogP contribution in [0.15, 0.2) is 30.3 Å². The summed E-state index contributed by atoms with van der Waals surface area (Å²) in [5, 5.41) is 2.66. The Morgan fingerprint density at radius 3 is 2.73 bits per heavy atom. The van der Waals surface area contributed by atoms with Crippen LogP contribution in [0.25, 0.3) is 0 Å². The standard InChI is InChI=1S/C11H16N2O2/c1-2-12-11(14)8-13-15-9-10-6-4-3-5-7-10/h3-7,13H,2,8-9H2,1H3,(H,12,14). The molecular formula is C11H16N2O2. The summed E-state index contributed by atoms with van der Waals surface area (Å²) in [6.45, 7) is 3.16. The number of benzene rings is 1. The zero-order chi connectivity index (χ0) is 10.9. The number of nitrogens with one attached hydrogen (secondary N) is 2. The number of carbonyl (C=O) groups excluding carboxylic acids is 1. The molecule has 0 unspecified atom stereocenters. The van der Waals surface area contributed by atoms with E-state index in [2.05, 4.69) is 10.8 Å². The van der Waals surface area contributed by atoms with Gasteiger partial charge in [0.15, 0.2) is 0 Å². The number of hydrogen-bond donors (Lipinski definition) is 2. The van der Waals surface area contributed by atoms with Crippen molar-refractivity contribution in [3.05, 3.63) is 35.9 Å². The first-order valence-electron chi connectivity index (χ1n) is 4.98. The van der Waals surface area contributed by atoms with Crippen LogP contribution in [0.4, 0.5) is 0 Å². The summed E-state index contributed by atoms with van der Waals surface area (Å²) in [6, 6.07) is 9.78. The van der Waals surface area contributed by atoms with Crippen molar-refractivity contribution < 1.29 is 9.63 Å². The van der Waals surface area contributed by atoms with Gasteiger partial charge in [-0.25, -0.2) is 0 Å². The highest BCUT2D eigenvalue weighted by molar-refractivity contribution is 5.77. The number of likely N-dealkylation sites (N-methyl/N-ethyl adjacent to an activating group) is 1. The minimum Gasteiger partial charge on any atom is -0.355 e. The predicted molar refractivity (Wildman–Crippen MR) is 57.9 cm³/mol. The minimum absolute atomic E-state index is 0.0643. The van der Waals surface area contributed by atoms with Gasteiger partial charge in [0.25, 0.3) is 0 Å². The molecule has 0 atom stereocenters. The van der Waals surface area contributed by atoms with Gasteiger partial charge in [0.05, 0.1) is 13.2 Å². The fourth-order valence-corrected chi connectivity index (χ4v) is 1.08. The Bertz CT molecular complexity index is 288. The molecule has 0 radical (unpaired) electrons. The first kappa shape index (κ1) is 11.7. The SMILES string of the molecule is CCNC(=O)CNOCc1ccccc1. The van der Waals surface area contributed by atoms with Gasteiger partial charge in [-0.3, -0.25) is 9.63 Å². The van der Waals surface area contributed by atoms with E-state index >= 15 is 0 Å². The minimum atomic E-state index is -0.0643. The van der Waals surface area contributed by atoms with Gasteiger partial charge in [-0.15, -0.1) is 0 Å². The van der Waals surface area contributed by atoms with Crippen molar-refractivity contribution in [1.82, 2.24) is 10.8 Å². The molecule has 15 heavy (non-hydrogen) atoms. The number of hydrogen-bond acceptors (Lipinski definition) is 3. The number of rotatable bonds is 6. The zero-order valence-corrected chi connectivity index (χ0v) is 8.82. The molecule has 0 aliphatic carbocycles. The number of hydroxylamine groups is 1. The van der Waals surface area contributed by atoms with Crippen LogP contribution in [0.2, 0.25) is 0 Å². The molecular weight excluding hydrogens is 192 g/mol. The van der Waals surface area contributed by atoms with E-state index in [0.29, 0.717) is 13.2 Å². The number of amides is 1. The largest absolute Gasteiger partial charge is 0.355 e. The molecule has 2 N–H and O–H groups in total. The molecule has 0 heterocycles. The van der Waals surface area contributed by atoms with Crippen LogP contribution >= 0.6 is 0 Å². The maximum atomic E-state index is 11.0. The lowest BCUT2D eigenvalue weighted by atomic mass is 10.2. The topological polar surface area (TPSA) is 50.4 Å². The van der Waals surface area contributed by atoms with Crippen molar-refractivity contribution in [2.45, 2.75) is 13.5 Å². The molecule has 4 nitrogen and oxygen atoms in total. The summed E-state index contributed by atoms with van der Waals surface area (Å²) in [4.78, 5) is 16.1. The molecule has 1 aromatic carbocycles. The molecule has 82 valence electrons. The first-order chi connectivity index (χ1) is 7.33. The summed E-state index contributed by atoms with van der Waals surface area (Å²) < 4.78 is 0. The van der Waals surface area contributed by atoms with Gasteiger partial charge in [-0.1, -0.05) is 30.3 Å². The molecule has 0 saturated carbocycles. The van der Waals surface area contributed by atoms with Crippen molar-refractivity contribution in [2.75, 3.05) is 13.1 Å². The third kappa shape index (κ3) is 5.15. The summed E-state index contributed by atoms with van der Waals surface area (Å²) >= 11 is 0. The van der Waals surface area contributed by atoms with Crippen LogP contribution in [0, 0.1) is 0 Å². The highest BCUT2D eigenvalue weighted by atomic mass is 16.6. The van der Waals surface area contributed by atoms with Crippen LogP contribution < -0.4 is 10.8 Å². The Morgan fingerprint density at radius 1 is 1.33 bits per heavy atom. The van der Waals surface area contributed by atoms with Gasteiger partial charge in [0, 0.05) is 6.54 Å². The third-order valence-electron chi connectivity index (χ3n) is 1.79. The van der Waals surface area contributed by atoms with Crippen LogP contribution in [-0.4, -0.2) is 19.0 Å². The van der Waals surface area contributed by atoms with E-state index in [0.717, 1.165) is 5.56 Å². The summed E-state index contributed by atoms with van der Waals surface area (Å²) in [5.74, 6) is -0.0643. The van der Waals surface area contributed by atoms with E-state index in [1.165, 1.54) is 0 Å². The van der Waals surface area contributed by atoms with E-state index < -0.39 is 0 Å². The molecule has 0 aliphatic heterocycles. The zero-order valence-electron chi connectivity index (χ0n) is 8.82. The van der Waals surface area contributed by atoms with E-state index in [9.17, 15) is 4.79 Å². The molecule has 1 rings (SSSR count). The number of carbonyl (C=O) groups is 1. The Balaban J connectivity index is 2.10. The fourth-order valence-electron chi connectivity index (χ4n) is 1.08. The van der Waals surface area contributed by atoms with Gasteiger partial charge in [0.2, 0.25) is 5.91 Å². The molecule has 4 heteroatoms. The molecule has 0 aromatic heterocycles. The quantitative estimate of drug-likeness (QED) is 0.538. The average molecular weight is 208 g/mol. The summed E-state index contributed by atoms with van der Waals surface area (Å²) in [6.07, 6.45) is 0. The second-order valence-corrected chi connectivity index (χ2v) is 3.05. The highest BCUT2D eigenvalue weighted by Gasteiger charge is 1.97. The molecule has 1 aromatic rings. The van der Waals surface area contributed by atoms with E-state index in [-0.39, 0.29) is 12.5 Å². The lowest BCUT2D eigenvalue weighted by Crippen LogP contribution is -2.33. The maximum Gasteiger partial charge on any atom is 0.236 e. The highest BCUT2D eigenvalue weighted by Crippen LogP contribution is 1.98. The van der Waals surface area contributed by atoms with Crippen molar-refractivity contribution in [3.8, 4) is 0 Å². The lowest BCUT2D eigenvalue weighted by Gasteiger charge is -2.05. The van der Waals surface area contributed by atoms with Gasteiger partial charge >= 0.3 is 0 Å². The van der Waals surface area contributed by atoms with Crippen LogP contribution in [0.5, 0.6) is 0 Å². The summed E-state index contributed by atoms with van der Waals surface area (Å²) in [5.41, 5.74) is 3.68. The molecule has 0 fully saturated rings. The van der Waals surface area contributed by atoms with E-state index in [1.807, 2.05) is 37.3 Å². The predicted octanol–water partition coefficient (Wildman–Crippen LogP) is 0.844. The van der Waals surface area contributed by atoms with Crippen molar-refractivity contribution in [2.24, 2.45) is 0 Å². The first-order valence-corrected chi connectivity index (χ1v) is 4.98. The van der Waals surface area contributed by atoms with Gasteiger partial charge in [-0.2, -0.15) is 5.48 Å². The van der Waals surface area contributed by atoms with Crippen LogP contribution in [0.3, 0.4) is 0 Å². The molecule has 0 bridgehead atoms. The molecule has 0 aliphatic rings. The van der Waals surface area contributed by atoms with Crippen molar-refractivity contribution in [3.63, 3.8) is 0 Å². The Labute approximate surface area is 89.6 Å². The van der Waals surface area contributed by atoms with Crippen LogP contribution in [0.1, 0.15) is 12.5 Å². The Kier molecular flexibility index (Phi) is 5.43. The third-order valence-corrected chi connectivity index (χ3v) is 1.79. The van der Waals surface area contributed by atoms with Gasteiger partial charge in [-0.05, 0) is 12.5 Å². The average Bonchev–Trinajstić information content (AvgIpc) is 2.26. The summed E-state index contributed by atoms with van der Waals surface area (Å²) in [7, 11) is 0. The molecule has 0 spiro atoms. The Morgan fingerprint density at radius 2 is 2.07 bits per heavy atom. The maximum absolute atomic E-state index is 11.0. The van der Waals surface area contributed by atoms with Crippen molar-refractivity contribution >= 4 is 5.91 Å². The van der Waals surface area contributed by atoms with Crippen LogP contribution in [-0.2, 0) is 16.2 Å². The normalized spacial score (nSPS) is 9.93. The van der Waals surface area contributed by atoms with E-state index in [4.69, 9.17) is 4.84 Å². The smallest absolute Gasteiger partial charge is 0.236 e. The van der Waals surface area contributed by atoms with Gasteiger partial charge < -0.3 is 5.32 Å².